The van der Waals surface area contributed by atoms with Crippen LogP contribution in [0.2, 0.25) is 0 Å². The van der Waals surface area contributed by atoms with Gasteiger partial charge in [0.25, 0.3) is 0 Å². The molecule has 1 spiro atoms. The van der Waals surface area contributed by atoms with Crippen LogP contribution < -0.4 is 5.32 Å². The van der Waals surface area contributed by atoms with E-state index < -0.39 is 0 Å². The smallest absolute Gasteiger partial charge is 0.0662 e. The summed E-state index contributed by atoms with van der Waals surface area (Å²) in [5.74, 6) is 0. The van der Waals surface area contributed by atoms with Gasteiger partial charge in [0.15, 0.2) is 0 Å². The third kappa shape index (κ3) is 2.78. The zero-order chi connectivity index (χ0) is 14.7. The van der Waals surface area contributed by atoms with Crippen LogP contribution >= 0.6 is 0 Å². The Hall–Kier alpha value is -1.17. The van der Waals surface area contributed by atoms with Crippen LogP contribution in [-0.2, 0) is 16.0 Å². The summed E-state index contributed by atoms with van der Waals surface area (Å²) in [7, 11) is 0. The first kappa shape index (κ1) is 14.8. The Morgan fingerprint density at radius 2 is 2.38 bits per heavy atom. The molecule has 2 unspecified atom stereocenters. The van der Waals surface area contributed by atoms with Gasteiger partial charge in [-0.1, -0.05) is 6.58 Å². The molecule has 21 heavy (non-hydrogen) atoms. The predicted molar refractivity (Wildman–Crippen MR) is 81.8 cm³/mol. The van der Waals surface area contributed by atoms with E-state index in [0.717, 1.165) is 45.6 Å². The van der Waals surface area contributed by atoms with E-state index in [-0.39, 0.29) is 5.41 Å². The zero-order valence-corrected chi connectivity index (χ0v) is 12.8. The average molecular weight is 291 g/mol. The lowest BCUT2D eigenvalue weighted by molar-refractivity contribution is -0.173. The van der Waals surface area contributed by atoms with Crippen LogP contribution in [-0.4, -0.2) is 41.7 Å². The minimum atomic E-state index is 0.267. The van der Waals surface area contributed by atoms with Crippen LogP contribution in [0.4, 0.5) is 0 Å². The highest BCUT2D eigenvalue weighted by Crippen LogP contribution is 2.50. The van der Waals surface area contributed by atoms with Crippen molar-refractivity contribution in [1.29, 1.82) is 0 Å². The summed E-state index contributed by atoms with van der Waals surface area (Å²) in [6.45, 7) is 9.16. The van der Waals surface area contributed by atoms with E-state index in [1.54, 1.807) is 10.9 Å². The fraction of sp³-hybridized carbons (Fsp3) is 0.688. The summed E-state index contributed by atoms with van der Waals surface area (Å²) in [5.41, 5.74) is 1.46. The molecule has 1 aromatic rings. The van der Waals surface area contributed by atoms with Crippen LogP contribution in [0.25, 0.3) is 6.20 Å². The number of ether oxygens (including phenoxy) is 2. The van der Waals surface area contributed by atoms with Gasteiger partial charge < -0.3 is 14.8 Å². The predicted octanol–water partition coefficient (Wildman–Crippen LogP) is 2.05. The number of hydrogen-bond donors (Lipinski definition) is 1. The maximum atomic E-state index is 5.95. The molecule has 5 heteroatoms. The van der Waals surface area contributed by atoms with Crippen molar-refractivity contribution in [2.75, 3.05) is 19.8 Å². The zero-order valence-electron chi connectivity index (χ0n) is 12.8. The number of nitrogens with one attached hydrogen (secondary N) is 1. The first-order chi connectivity index (χ1) is 10.3. The van der Waals surface area contributed by atoms with E-state index in [4.69, 9.17) is 9.47 Å². The van der Waals surface area contributed by atoms with Crippen LogP contribution in [0.15, 0.2) is 19.0 Å². The molecule has 2 fully saturated rings. The summed E-state index contributed by atoms with van der Waals surface area (Å²) in [6.07, 6.45) is 9.29. The maximum absolute atomic E-state index is 5.95. The lowest BCUT2D eigenvalue weighted by atomic mass is 9.57. The Morgan fingerprint density at radius 1 is 1.57 bits per heavy atom. The summed E-state index contributed by atoms with van der Waals surface area (Å²) in [5, 5.41) is 7.92. The van der Waals surface area contributed by atoms with E-state index in [2.05, 4.69) is 23.9 Å². The van der Waals surface area contributed by atoms with E-state index in [1.807, 2.05) is 12.4 Å². The standard InChI is InChI=1S/C16H25N3O2/c1-3-19-12-13(11-18-19)10-17-14-9-15(21-4-2)16(14)5-7-20-8-6-16/h3,11-12,14-15,17H,1,4-10H2,2H3. The highest BCUT2D eigenvalue weighted by Gasteiger charge is 2.55. The molecule has 3 rings (SSSR count). The third-order valence-electron chi connectivity index (χ3n) is 4.97. The van der Waals surface area contributed by atoms with Gasteiger partial charge in [-0.05, 0) is 26.2 Å². The van der Waals surface area contributed by atoms with Gasteiger partial charge >= 0.3 is 0 Å². The maximum Gasteiger partial charge on any atom is 0.0662 e. The molecular formula is C16H25N3O2. The molecule has 2 heterocycles. The van der Waals surface area contributed by atoms with E-state index in [1.165, 1.54) is 5.56 Å². The van der Waals surface area contributed by atoms with Crippen molar-refractivity contribution in [2.24, 2.45) is 5.41 Å². The van der Waals surface area contributed by atoms with Crippen molar-refractivity contribution >= 4 is 6.20 Å². The minimum Gasteiger partial charge on any atom is -0.381 e. The normalized spacial score (nSPS) is 27.5. The van der Waals surface area contributed by atoms with Crippen LogP contribution in [0.1, 0.15) is 31.7 Å². The second kappa shape index (κ2) is 6.30. The van der Waals surface area contributed by atoms with Crippen LogP contribution in [0.5, 0.6) is 0 Å². The van der Waals surface area contributed by atoms with Gasteiger partial charge in [0.2, 0.25) is 0 Å². The van der Waals surface area contributed by atoms with Gasteiger partial charge in [-0.3, -0.25) is 0 Å². The number of hydrogen-bond acceptors (Lipinski definition) is 4. The van der Waals surface area contributed by atoms with Gasteiger partial charge in [0, 0.05) is 55.8 Å². The molecule has 5 nitrogen and oxygen atoms in total. The van der Waals surface area contributed by atoms with Crippen molar-refractivity contribution in [1.82, 2.24) is 15.1 Å². The molecule has 1 saturated carbocycles. The van der Waals surface area contributed by atoms with Crippen molar-refractivity contribution in [3.63, 3.8) is 0 Å². The van der Waals surface area contributed by atoms with Crippen molar-refractivity contribution in [3.8, 4) is 0 Å². The second-order valence-electron chi connectivity index (χ2n) is 5.97. The monoisotopic (exact) mass is 291 g/mol. The quantitative estimate of drug-likeness (QED) is 0.871. The molecule has 1 aliphatic carbocycles. The Labute approximate surface area is 126 Å². The second-order valence-corrected chi connectivity index (χ2v) is 5.97. The van der Waals surface area contributed by atoms with Gasteiger partial charge in [0.1, 0.15) is 0 Å². The minimum absolute atomic E-state index is 0.267. The lowest BCUT2D eigenvalue weighted by Gasteiger charge is -2.57. The Morgan fingerprint density at radius 3 is 3.05 bits per heavy atom. The molecular weight excluding hydrogens is 266 g/mol. The van der Waals surface area contributed by atoms with Gasteiger partial charge in [-0.2, -0.15) is 5.10 Å². The highest BCUT2D eigenvalue weighted by atomic mass is 16.5. The van der Waals surface area contributed by atoms with Crippen molar-refractivity contribution < 1.29 is 9.47 Å². The summed E-state index contributed by atoms with van der Waals surface area (Å²) < 4.78 is 13.2. The molecule has 0 radical (unpaired) electrons. The molecule has 1 aliphatic heterocycles. The Balaban J connectivity index is 1.60. The third-order valence-corrected chi connectivity index (χ3v) is 4.97. The van der Waals surface area contributed by atoms with Gasteiger partial charge in [0.05, 0.1) is 12.3 Å². The Bertz CT molecular complexity index is 480. The molecule has 0 bridgehead atoms. The van der Waals surface area contributed by atoms with E-state index in [9.17, 15) is 0 Å². The SMILES string of the molecule is C=Cn1cc(CNC2CC(OCC)C23CCOCC3)cn1. The van der Waals surface area contributed by atoms with E-state index in [0.29, 0.717) is 12.1 Å². The first-order valence-electron chi connectivity index (χ1n) is 7.87. The van der Waals surface area contributed by atoms with Crippen LogP contribution in [0, 0.1) is 5.41 Å². The molecule has 0 aromatic carbocycles. The lowest BCUT2D eigenvalue weighted by Crippen LogP contribution is -2.65. The summed E-state index contributed by atoms with van der Waals surface area (Å²) in [4.78, 5) is 0. The largest absolute Gasteiger partial charge is 0.381 e. The molecule has 1 aromatic heterocycles. The molecule has 1 saturated heterocycles. The van der Waals surface area contributed by atoms with Crippen LogP contribution in [0.3, 0.4) is 0 Å². The fourth-order valence-electron chi connectivity index (χ4n) is 3.70. The topological polar surface area (TPSA) is 48.3 Å². The molecule has 116 valence electrons. The molecule has 0 amide bonds. The van der Waals surface area contributed by atoms with Crippen molar-refractivity contribution in [3.05, 3.63) is 24.5 Å². The fourth-order valence-corrected chi connectivity index (χ4v) is 3.70. The van der Waals surface area contributed by atoms with Gasteiger partial charge in [-0.25, -0.2) is 4.68 Å². The molecule has 2 aliphatic rings. The summed E-state index contributed by atoms with van der Waals surface area (Å²) in [6, 6.07) is 0.519. The number of rotatable bonds is 6. The van der Waals surface area contributed by atoms with Gasteiger partial charge in [-0.15, -0.1) is 0 Å². The molecule has 1 N–H and O–H groups in total. The number of nitrogens with zero attached hydrogens (tertiary/aromatic N) is 2. The molecule has 2 atom stereocenters. The van der Waals surface area contributed by atoms with E-state index >= 15 is 0 Å². The Kier molecular flexibility index (Phi) is 4.42. The first-order valence-corrected chi connectivity index (χ1v) is 7.87. The van der Waals surface area contributed by atoms with Crippen molar-refractivity contribution in [2.45, 2.75) is 44.9 Å². The average Bonchev–Trinajstić information content (AvgIpc) is 2.99. The number of aromatic nitrogens is 2. The highest BCUT2D eigenvalue weighted by molar-refractivity contribution is 5.18. The summed E-state index contributed by atoms with van der Waals surface area (Å²) >= 11 is 0.